The third-order valence-corrected chi connectivity index (χ3v) is 23.1. The van der Waals surface area contributed by atoms with Gasteiger partial charge in [0.2, 0.25) is 0 Å². The molecule has 0 unspecified atom stereocenters. The van der Waals surface area contributed by atoms with Crippen LogP contribution in [0.4, 0.5) is 5.69 Å². The number of rotatable bonds is 17. The Morgan fingerprint density at radius 3 is 1.00 bits per heavy atom. The predicted molar refractivity (Wildman–Crippen MR) is 242 cm³/mol. The quantitative estimate of drug-likeness (QED) is 0.0685. The molecular weight excluding hydrogens is 743 g/mol. The third kappa shape index (κ3) is 9.27. The summed E-state index contributed by atoms with van der Waals surface area (Å²) >= 11 is -1.11. The van der Waals surface area contributed by atoms with Crippen LogP contribution in [-0.2, 0) is 3.76 Å². The molecule has 2 radical (unpaired) electrons. The average Bonchev–Trinajstić information content (AvgIpc) is 3.16. The summed E-state index contributed by atoms with van der Waals surface area (Å²) < 4.78 is 10.5. The fourth-order valence-electron chi connectivity index (χ4n) is 9.67. The first kappa shape index (κ1) is 42.8. The van der Waals surface area contributed by atoms with Gasteiger partial charge in [-0.15, -0.1) is 0 Å². The van der Waals surface area contributed by atoms with E-state index in [9.17, 15) is 0 Å². The molecule has 0 aliphatic rings. The molecule has 0 aliphatic heterocycles. The molecule has 0 atom stereocenters. The van der Waals surface area contributed by atoms with Crippen LogP contribution in [0, 0.1) is 11.8 Å². The molecule has 0 aromatic heterocycles. The summed E-state index contributed by atoms with van der Waals surface area (Å²) in [5.41, 5.74) is 12.4. The minimum absolute atomic E-state index is 0.0420. The summed E-state index contributed by atoms with van der Waals surface area (Å²) in [6.45, 7) is 29.2. The Balaban J connectivity index is 2.05. The van der Waals surface area contributed by atoms with Crippen molar-refractivity contribution in [2.24, 2.45) is 11.8 Å². The Bertz CT molecular complexity index is 1680. The summed E-state index contributed by atoms with van der Waals surface area (Å²) in [4.78, 5) is 0. The Labute approximate surface area is 343 Å². The molecule has 0 spiro atoms. The number of hydrogen-bond donors (Lipinski definition) is 0. The SMILES string of the molecule is CC(C)c1cc(C(c2ccccc2)c2ccccc2)c([N]([Ge][O]C(C(C)C)C(C)C)[Si](C(C)C)(C(C)C)C(C)C)c(C(c2ccccc2)c2ccccc2)c1. The molecular formula is C51H67GeNOSi. The van der Waals surface area contributed by atoms with Crippen molar-refractivity contribution in [1.29, 1.82) is 0 Å². The second-order valence-electron chi connectivity index (χ2n) is 17.6. The summed E-state index contributed by atoms with van der Waals surface area (Å²) in [5.74, 6) is 1.30. The van der Waals surface area contributed by atoms with E-state index in [1.807, 2.05) is 0 Å². The number of benzene rings is 5. The number of anilines is 1. The zero-order chi connectivity index (χ0) is 39.9. The normalized spacial score (nSPS) is 12.5. The first-order valence-electron chi connectivity index (χ1n) is 20.9. The molecule has 5 rings (SSSR count). The van der Waals surface area contributed by atoms with Crippen molar-refractivity contribution in [2.75, 3.05) is 3.52 Å². The molecule has 0 saturated carbocycles. The van der Waals surface area contributed by atoms with Crippen molar-refractivity contribution in [3.8, 4) is 0 Å². The molecule has 2 nitrogen and oxygen atoms in total. The van der Waals surface area contributed by atoms with Crippen molar-refractivity contribution in [3.63, 3.8) is 0 Å². The molecule has 0 heterocycles. The summed E-state index contributed by atoms with van der Waals surface area (Å²) in [7, 11) is -2.37. The van der Waals surface area contributed by atoms with Crippen LogP contribution in [0.15, 0.2) is 133 Å². The zero-order valence-electron chi connectivity index (χ0n) is 35.8. The van der Waals surface area contributed by atoms with E-state index in [0.717, 1.165) is 0 Å². The van der Waals surface area contributed by atoms with Gasteiger partial charge in [-0.1, -0.05) is 0 Å². The van der Waals surface area contributed by atoms with Crippen LogP contribution in [0.5, 0.6) is 0 Å². The monoisotopic (exact) mass is 811 g/mol. The van der Waals surface area contributed by atoms with Gasteiger partial charge in [0.05, 0.1) is 0 Å². The third-order valence-electron chi connectivity index (χ3n) is 12.0. The molecule has 5 aromatic rings. The van der Waals surface area contributed by atoms with E-state index in [1.54, 1.807) is 0 Å². The van der Waals surface area contributed by atoms with Crippen LogP contribution in [-0.4, -0.2) is 30.3 Å². The summed E-state index contributed by atoms with van der Waals surface area (Å²) in [5, 5.41) is 0. The summed E-state index contributed by atoms with van der Waals surface area (Å²) in [6, 6.07) is 50.3. The van der Waals surface area contributed by atoms with Crippen molar-refractivity contribution in [1.82, 2.24) is 0 Å². The molecule has 0 aliphatic carbocycles. The first-order valence-corrected chi connectivity index (χ1v) is 24.9. The molecule has 0 N–H and O–H groups in total. The molecule has 0 saturated heterocycles. The van der Waals surface area contributed by atoms with Gasteiger partial charge in [-0.25, -0.2) is 0 Å². The molecule has 4 heteroatoms. The second kappa shape index (κ2) is 19.2. The van der Waals surface area contributed by atoms with E-state index in [2.05, 4.69) is 220 Å². The van der Waals surface area contributed by atoms with Crippen LogP contribution in [0.2, 0.25) is 16.6 Å². The molecule has 55 heavy (non-hydrogen) atoms. The van der Waals surface area contributed by atoms with E-state index < -0.39 is 24.2 Å². The van der Waals surface area contributed by atoms with Gasteiger partial charge in [0.1, 0.15) is 0 Å². The van der Waals surface area contributed by atoms with Crippen molar-refractivity contribution in [2.45, 2.75) is 124 Å². The van der Waals surface area contributed by atoms with Crippen molar-refractivity contribution < 1.29 is 3.76 Å². The van der Waals surface area contributed by atoms with Gasteiger partial charge in [-0.2, -0.15) is 0 Å². The van der Waals surface area contributed by atoms with Crippen molar-refractivity contribution >= 4 is 29.9 Å². The Morgan fingerprint density at radius 1 is 0.436 bits per heavy atom. The minimum atomic E-state index is -2.37. The molecule has 5 aromatic carbocycles. The van der Waals surface area contributed by atoms with Gasteiger partial charge in [-0.05, 0) is 0 Å². The second-order valence-corrected chi connectivity index (χ2v) is 26.0. The summed E-state index contributed by atoms with van der Waals surface area (Å²) in [6.07, 6.45) is 0.195. The van der Waals surface area contributed by atoms with E-state index in [-0.39, 0.29) is 17.9 Å². The predicted octanol–water partition coefficient (Wildman–Crippen LogP) is 14.4. The van der Waals surface area contributed by atoms with Crippen LogP contribution >= 0.6 is 0 Å². The molecule has 0 bridgehead atoms. The topological polar surface area (TPSA) is 12.5 Å². The Morgan fingerprint density at radius 2 is 0.745 bits per heavy atom. The zero-order valence-corrected chi connectivity index (χ0v) is 38.9. The standard InChI is InChI=1S/C51H67GeNOSi/c1-35(2)45-33-46(48(41-25-17-13-18-26-41)42-27-19-14-20-28-42)50(47(34-45)49(43-29-21-15-22-30-43)44-31-23-16-24-32-44)53(52-54-51(36(3)4)37(5)6)55(38(7)8,39(9)10)40(11)12/h13-40,48-49,51H,1-12H3. The van der Waals surface area contributed by atoms with Gasteiger partial charge >= 0.3 is 345 Å². The van der Waals surface area contributed by atoms with E-state index >= 15 is 0 Å². The van der Waals surface area contributed by atoms with Crippen LogP contribution in [0.25, 0.3) is 0 Å². The van der Waals surface area contributed by atoms with E-state index in [4.69, 9.17) is 3.76 Å². The van der Waals surface area contributed by atoms with E-state index in [1.165, 1.54) is 44.6 Å². The maximum atomic E-state index is 7.49. The van der Waals surface area contributed by atoms with E-state index in [0.29, 0.717) is 34.4 Å². The van der Waals surface area contributed by atoms with Crippen molar-refractivity contribution in [3.05, 3.63) is 172 Å². The van der Waals surface area contributed by atoms with Crippen LogP contribution < -0.4 is 3.52 Å². The number of hydrogen-bond acceptors (Lipinski definition) is 2. The van der Waals surface area contributed by atoms with Crippen LogP contribution in [0.1, 0.15) is 140 Å². The fourth-order valence-corrected chi connectivity index (χ4v) is 24.5. The Hall–Kier alpha value is -3.38. The Kier molecular flexibility index (Phi) is 14.9. The van der Waals surface area contributed by atoms with Gasteiger partial charge in [0.25, 0.3) is 0 Å². The first-order chi connectivity index (χ1) is 26.3. The maximum absolute atomic E-state index is 7.49. The van der Waals surface area contributed by atoms with Crippen LogP contribution in [0.3, 0.4) is 0 Å². The average molecular weight is 811 g/mol. The van der Waals surface area contributed by atoms with Gasteiger partial charge < -0.3 is 0 Å². The van der Waals surface area contributed by atoms with Gasteiger partial charge in [-0.3, -0.25) is 0 Å². The van der Waals surface area contributed by atoms with Gasteiger partial charge in [0.15, 0.2) is 0 Å². The van der Waals surface area contributed by atoms with Gasteiger partial charge in [0, 0.05) is 0 Å². The molecule has 0 amide bonds. The molecule has 0 fully saturated rings. The molecule has 290 valence electrons. The number of nitrogens with zero attached hydrogens (tertiary/aromatic N) is 1. The fraction of sp³-hybridized carbons (Fsp3) is 0.412.